The molecule has 1 aliphatic rings. The van der Waals surface area contributed by atoms with E-state index >= 15 is 0 Å². The fraction of sp³-hybridized carbons (Fsp3) is 0.789. The molecule has 0 aromatic heterocycles. The smallest absolute Gasteiger partial charge is 0.0791 e. The SMILES string of the molecule is C=C(C)C(C)CC(C)CCC1O[C@@H](CCCC)C=C1C. The van der Waals surface area contributed by atoms with Gasteiger partial charge < -0.3 is 4.74 Å². The molecule has 4 atom stereocenters. The Morgan fingerprint density at radius 1 is 1.35 bits per heavy atom. The van der Waals surface area contributed by atoms with Crippen LogP contribution in [-0.4, -0.2) is 12.2 Å². The molecule has 0 radical (unpaired) electrons. The maximum absolute atomic E-state index is 6.17. The Bertz CT molecular complexity index is 329. The fourth-order valence-corrected chi connectivity index (χ4v) is 2.97. The minimum Gasteiger partial charge on any atom is -0.367 e. The number of ether oxygens (including phenoxy) is 1. The Morgan fingerprint density at radius 2 is 2.05 bits per heavy atom. The van der Waals surface area contributed by atoms with Crippen LogP contribution >= 0.6 is 0 Å². The van der Waals surface area contributed by atoms with Crippen molar-refractivity contribution in [1.29, 1.82) is 0 Å². The van der Waals surface area contributed by atoms with Gasteiger partial charge in [0, 0.05) is 0 Å². The molecular weight excluding hydrogens is 244 g/mol. The van der Waals surface area contributed by atoms with E-state index in [1.807, 2.05) is 0 Å². The number of hydrogen-bond acceptors (Lipinski definition) is 1. The van der Waals surface area contributed by atoms with Gasteiger partial charge in [-0.2, -0.15) is 0 Å². The molecule has 0 fully saturated rings. The minimum absolute atomic E-state index is 0.374. The van der Waals surface area contributed by atoms with Crippen LogP contribution in [0.3, 0.4) is 0 Å². The Balaban J connectivity index is 2.29. The largest absolute Gasteiger partial charge is 0.367 e. The van der Waals surface area contributed by atoms with Crippen molar-refractivity contribution in [2.45, 2.75) is 85.4 Å². The summed E-state index contributed by atoms with van der Waals surface area (Å²) in [6.45, 7) is 15.3. The molecule has 0 aliphatic carbocycles. The summed E-state index contributed by atoms with van der Waals surface area (Å²) in [6.07, 6.45) is 10.5. The molecule has 116 valence electrons. The van der Waals surface area contributed by atoms with Gasteiger partial charge in [0.15, 0.2) is 0 Å². The van der Waals surface area contributed by atoms with Crippen LogP contribution in [0.1, 0.15) is 73.1 Å². The van der Waals surface area contributed by atoms with Crippen LogP contribution in [0.15, 0.2) is 23.8 Å². The predicted octanol–water partition coefficient (Wildman–Crippen LogP) is 5.91. The second-order valence-electron chi connectivity index (χ2n) is 6.88. The van der Waals surface area contributed by atoms with Crippen molar-refractivity contribution in [2.75, 3.05) is 0 Å². The second-order valence-corrected chi connectivity index (χ2v) is 6.88. The van der Waals surface area contributed by atoms with Gasteiger partial charge >= 0.3 is 0 Å². The van der Waals surface area contributed by atoms with Gasteiger partial charge in [-0.1, -0.05) is 51.8 Å². The number of unbranched alkanes of at least 4 members (excludes halogenated alkanes) is 1. The third-order valence-corrected chi connectivity index (χ3v) is 4.66. The molecular formula is C19H34O. The van der Waals surface area contributed by atoms with E-state index in [1.165, 1.54) is 49.7 Å². The van der Waals surface area contributed by atoms with E-state index in [-0.39, 0.29) is 0 Å². The minimum atomic E-state index is 0.374. The van der Waals surface area contributed by atoms with E-state index in [0.717, 1.165) is 5.92 Å². The van der Waals surface area contributed by atoms with Crippen LogP contribution in [0, 0.1) is 11.8 Å². The number of allylic oxidation sites excluding steroid dienone is 1. The lowest BCUT2D eigenvalue weighted by Gasteiger charge is -2.20. The third kappa shape index (κ3) is 5.83. The zero-order chi connectivity index (χ0) is 15.1. The fourth-order valence-electron chi connectivity index (χ4n) is 2.97. The van der Waals surface area contributed by atoms with E-state index in [2.05, 4.69) is 47.3 Å². The second kappa shape index (κ2) is 8.67. The predicted molar refractivity (Wildman–Crippen MR) is 88.9 cm³/mol. The highest BCUT2D eigenvalue weighted by Gasteiger charge is 2.24. The standard InChI is InChI=1S/C19H34O/c1-7-8-9-18-13-17(6)19(20-18)11-10-15(4)12-16(5)14(2)3/h13,15-16,18-19H,2,7-12H2,1,3-6H3/t15?,16?,18-,19?/m0/s1. The molecule has 1 heteroatoms. The summed E-state index contributed by atoms with van der Waals surface area (Å²) >= 11 is 0. The van der Waals surface area contributed by atoms with Crippen molar-refractivity contribution >= 4 is 0 Å². The Morgan fingerprint density at radius 3 is 2.65 bits per heavy atom. The summed E-state index contributed by atoms with van der Waals surface area (Å²) in [7, 11) is 0. The van der Waals surface area contributed by atoms with Crippen molar-refractivity contribution in [2.24, 2.45) is 11.8 Å². The highest BCUT2D eigenvalue weighted by atomic mass is 16.5. The average Bonchev–Trinajstić information content (AvgIpc) is 2.74. The van der Waals surface area contributed by atoms with Gasteiger partial charge in [0.05, 0.1) is 12.2 Å². The van der Waals surface area contributed by atoms with Crippen molar-refractivity contribution in [3.05, 3.63) is 23.8 Å². The van der Waals surface area contributed by atoms with Gasteiger partial charge in [-0.3, -0.25) is 0 Å². The molecule has 0 aromatic rings. The number of rotatable bonds is 9. The van der Waals surface area contributed by atoms with Gasteiger partial charge in [0.1, 0.15) is 0 Å². The first-order chi connectivity index (χ1) is 9.43. The van der Waals surface area contributed by atoms with E-state index in [1.54, 1.807) is 0 Å². The summed E-state index contributed by atoms with van der Waals surface area (Å²) in [5, 5.41) is 0. The first kappa shape index (κ1) is 17.5. The van der Waals surface area contributed by atoms with E-state index in [9.17, 15) is 0 Å². The number of hydrogen-bond donors (Lipinski definition) is 0. The van der Waals surface area contributed by atoms with Crippen molar-refractivity contribution in [1.82, 2.24) is 0 Å². The molecule has 0 bridgehead atoms. The van der Waals surface area contributed by atoms with Crippen LogP contribution < -0.4 is 0 Å². The molecule has 1 aliphatic heterocycles. The lowest BCUT2D eigenvalue weighted by molar-refractivity contribution is 0.0425. The quantitative estimate of drug-likeness (QED) is 0.476. The van der Waals surface area contributed by atoms with Crippen molar-refractivity contribution in [3.63, 3.8) is 0 Å². The summed E-state index contributed by atoms with van der Waals surface area (Å²) in [5.41, 5.74) is 2.76. The van der Waals surface area contributed by atoms with Crippen molar-refractivity contribution < 1.29 is 4.74 Å². The maximum Gasteiger partial charge on any atom is 0.0791 e. The molecule has 1 nitrogen and oxygen atoms in total. The summed E-state index contributed by atoms with van der Waals surface area (Å²) < 4.78 is 6.17. The molecule has 0 aromatic carbocycles. The Labute approximate surface area is 126 Å². The molecule has 3 unspecified atom stereocenters. The molecule has 20 heavy (non-hydrogen) atoms. The van der Waals surface area contributed by atoms with E-state index < -0.39 is 0 Å². The van der Waals surface area contributed by atoms with Crippen LogP contribution in [-0.2, 0) is 4.74 Å². The van der Waals surface area contributed by atoms with Gasteiger partial charge in [0.25, 0.3) is 0 Å². The first-order valence-electron chi connectivity index (χ1n) is 8.43. The monoisotopic (exact) mass is 278 g/mol. The van der Waals surface area contributed by atoms with Crippen LogP contribution in [0.4, 0.5) is 0 Å². The molecule has 0 saturated heterocycles. The van der Waals surface area contributed by atoms with Gasteiger partial charge in [-0.05, 0) is 56.9 Å². The van der Waals surface area contributed by atoms with E-state index in [0.29, 0.717) is 18.1 Å². The molecule has 0 saturated carbocycles. The third-order valence-electron chi connectivity index (χ3n) is 4.66. The average molecular weight is 278 g/mol. The summed E-state index contributed by atoms with van der Waals surface area (Å²) in [6, 6.07) is 0. The van der Waals surface area contributed by atoms with Crippen LogP contribution in [0.2, 0.25) is 0 Å². The topological polar surface area (TPSA) is 9.23 Å². The molecule has 0 amide bonds. The summed E-state index contributed by atoms with van der Waals surface area (Å²) in [4.78, 5) is 0. The highest BCUT2D eigenvalue weighted by molar-refractivity contribution is 5.13. The Kier molecular flexibility index (Phi) is 7.58. The highest BCUT2D eigenvalue weighted by Crippen LogP contribution is 2.29. The first-order valence-corrected chi connectivity index (χ1v) is 8.43. The maximum atomic E-state index is 6.17. The summed E-state index contributed by atoms with van der Waals surface area (Å²) in [5.74, 6) is 1.40. The van der Waals surface area contributed by atoms with Gasteiger partial charge in [0.2, 0.25) is 0 Å². The van der Waals surface area contributed by atoms with Crippen molar-refractivity contribution in [3.8, 4) is 0 Å². The Hall–Kier alpha value is -0.560. The lowest BCUT2D eigenvalue weighted by atomic mass is 9.89. The zero-order valence-corrected chi connectivity index (χ0v) is 14.2. The lowest BCUT2D eigenvalue weighted by Crippen LogP contribution is -2.15. The zero-order valence-electron chi connectivity index (χ0n) is 14.2. The van der Waals surface area contributed by atoms with Gasteiger partial charge in [-0.25, -0.2) is 0 Å². The van der Waals surface area contributed by atoms with Crippen LogP contribution in [0.5, 0.6) is 0 Å². The molecule has 1 heterocycles. The molecule has 0 N–H and O–H groups in total. The molecule has 1 rings (SSSR count). The van der Waals surface area contributed by atoms with Gasteiger partial charge in [-0.15, -0.1) is 0 Å². The molecule has 0 spiro atoms. The van der Waals surface area contributed by atoms with Crippen LogP contribution in [0.25, 0.3) is 0 Å². The normalized spacial score (nSPS) is 25.4. The van der Waals surface area contributed by atoms with E-state index in [4.69, 9.17) is 4.74 Å².